The first-order valence-electron chi connectivity index (χ1n) is 4.28. The van der Waals surface area contributed by atoms with Crippen LogP contribution in [0, 0.1) is 0 Å². The van der Waals surface area contributed by atoms with Crippen LogP contribution in [0.1, 0.15) is 0 Å². The van der Waals surface area contributed by atoms with Gasteiger partial charge >= 0.3 is 0 Å². The number of hydrogen-bond acceptors (Lipinski definition) is 0. The Hall–Kier alpha value is -0.790. The van der Waals surface area contributed by atoms with Crippen molar-refractivity contribution in [1.82, 2.24) is 0 Å². The van der Waals surface area contributed by atoms with Crippen molar-refractivity contribution in [2.75, 3.05) is 0 Å². The van der Waals surface area contributed by atoms with Gasteiger partial charge in [0.05, 0.1) is 0 Å². The average Bonchev–Trinajstić information content (AvgIpc) is 2.18. The van der Waals surface area contributed by atoms with E-state index in [-0.39, 0.29) is 0 Å². The van der Waals surface area contributed by atoms with Crippen molar-refractivity contribution < 1.29 is 0 Å². The van der Waals surface area contributed by atoms with Gasteiger partial charge in [-0.15, -0.1) is 0 Å². The van der Waals surface area contributed by atoms with Crippen molar-refractivity contribution >= 4 is 27.5 Å². The third-order valence-corrected chi connectivity index (χ3v) is 2.83. The van der Waals surface area contributed by atoms with E-state index < -0.39 is 0 Å². The van der Waals surface area contributed by atoms with Crippen molar-refractivity contribution in [3.8, 4) is 11.1 Å². The lowest BCUT2D eigenvalue weighted by Crippen LogP contribution is -1.78. The molecule has 0 atom stereocenters. The molecule has 0 saturated heterocycles. The molecule has 0 fully saturated rings. The fourth-order valence-corrected chi connectivity index (χ4v) is 2.00. The summed E-state index contributed by atoms with van der Waals surface area (Å²) < 4.78 is 1.06. The summed E-state index contributed by atoms with van der Waals surface area (Å²) in [5, 5.41) is 0.783. The standard InChI is InChI=1S/C12H8BrCl/c13-10-5-3-4-9(8-10)11-6-1-2-7-12(11)14/h1-8H. The Morgan fingerprint density at radius 3 is 2.43 bits per heavy atom. The Morgan fingerprint density at radius 2 is 1.71 bits per heavy atom. The molecule has 0 nitrogen and oxygen atoms in total. The second-order valence-electron chi connectivity index (χ2n) is 2.99. The molecule has 0 unspecified atom stereocenters. The van der Waals surface area contributed by atoms with Gasteiger partial charge in [-0.25, -0.2) is 0 Å². The molecule has 0 heterocycles. The summed E-state index contributed by atoms with van der Waals surface area (Å²) in [6.45, 7) is 0. The van der Waals surface area contributed by atoms with Crippen LogP contribution in [-0.2, 0) is 0 Å². The van der Waals surface area contributed by atoms with Gasteiger partial charge < -0.3 is 0 Å². The highest BCUT2D eigenvalue weighted by atomic mass is 79.9. The van der Waals surface area contributed by atoms with Gasteiger partial charge in [0.1, 0.15) is 0 Å². The number of hydrogen-bond donors (Lipinski definition) is 0. The van der Waals surface area contributed by atoms with E-state index in [4.69, 9.17) is 11.6 Å². The fourth-order valence-electron chi connectivity index (χ4n) is 1.35. The largest absolute Gasteiger partial charge is 0.0837 e. The Bertz CT molecular complexity index is 452. The van der Waals surface area contributed by atoms with E-state index in [2.05, 4.69) is 22.0 Å². The fraction of sp³-hybridized carbons (Fsp3) is 0. The molecule has 2 heteroatoms. The molecule has 70 valence electrons. The van der Waals surface area contributed by atoms with Gasteiger partial charge in [-0.1, -0.05) is 57.9 Å². The van der Waals surface area contributed by atoms with Crippen LogP contribution in [0.3, 0.4) is 0 Å². The molecular weight excluding hydrogens is 259 g/mol. The summed E-state index contributed by atoms with van der Waals surface area (Å²) in [5.41, 5.74) is 2.19. The smallest absolute Gasteiger partial charge is 0.0484 e. The predicted molar refractivity (Wildman–Crippen MR) is 64.6 cm³/mol. The Balaban J connectivity index is 2.55. The molecule has 0 aliphatic rings. The molecule has 0 saturated carbocycles. The molecule has 0 spiro atoms. The van der Waals surface area contributed by atoms with Crippen molar-refractivity contribution in [3.63, 3.8) is 0 Å². The first-order valence-corrected chi connectivity index (χ1v) is 5.45. The van der Waals surface area contributed by atoms with Crippen molar-refractivity contribution in [2.45, 2.75) is 0 Å². The second-order valence-corrected chi connectivity index (χ2v) is 4.31. The molecular formula is C12H8BrCl. The van der Waals surface area contributed by atoms with Gasteiger partial charge in [-0.05, 0) is 23.8 Å². The topological polar surface area (TPSA) is 0 Å². The summed E-state index contributed by atoms with van der Waals surface area (Å²) in [6.07, 6.45) is 0. The quantitative estimate of drug-likeness (QED) is 0.698. The molecule has 0 bridgehead atoms. The van der Waals surface area contributed by atoms with Gasteiger partial charge in [0.25, 0.3) is 0 Å². The Morgan fingerprint density at radius 1 is 0.929 bits per heavy atom. The lowest BCUT2D eigenvalue weighted by atomic mass is 10.1. The summed E-state index contributed by atoms with van der Waals surface area (Å²) in [5.74, 6) is 0. The third-order valence-electron chi connectivity index (χ3n) is 2.01. The third kappa shape index (κ3) is 1.99. The molecule has 0 aromatic heterocycles. The predicted octanol–water partition coefficient (Wildman–Crippen LogP) is 4.77. The first kappa shape index (κ1) is 9.75. The van der Waals surface area contributed by atoms with E-state index >= 15 is 0 Å². The molecule has 0 aliphatic heterocycles. The Kier molecular flexibility index (Phi) is 2.90. The van der Waals surface area contributed by atoms with E-state index in [1.807, 2.05) is 42.5 Å². The van der Waals surface area contributed by atoms with E-state index in [0.717, 1.165) is 20.6 Å². The maximum Gasteiger partial charge on any atom is 0.0484 e. The zero-order valence-electron chi connectivity index (χ0n) is 7.37. The van der Waals surface area contributed by atoms with E-state index in [1.54, 1.807) is 0 Å². The average molecular weight is 268 g/mol. The minimum atomic E-state index is 0.783. The molecule has 0 aliphatic carbocycles. The maximum atomic E-state index is 6.10. The van der Waals surface area contributed by atoms with Crippen LogP contribution in [0.5, 0.6) is 0 Å². The number of halogens is 2. The maximum absolute atomic E-state index is 6.10. The molecule has 0 radical (unpaired) electrons. The normalized spacial score (nSPS) is 10.1. The molecule has 0 N–H and O–H groups in total. The lowest BCUT2D eigenvalue weighted by molar-refractivity contribution is 1.59. The van der Waals surface area contributed by atoms with Crippen LogP contribution in [-0.4, -0.2) is 0 Å². The number of benzene rings is 2. The minimum Gasteiger partial charge on any atom is -0.0837 e. The van der Waals surface area contributed by atoms with Gasteiger partial charge in [0.15, 0.2) is 0 Å². The van der Waals surface area contributed by atoms with Gasteiger partial charge in [-0.2, -0.15) is 0 Å². The molecule has 14 heavy (non-hydrogen) atoms. The van der Waals surface area contributed by atoms with Crippen LogP contribution in [0.15, 0.2) is 53.0 Å². The highest BCUT2D eigenvalue weighted by Gasteiger charge is 2.01. The van der Waals surface area contributed by atoms with Crippen LogP contribution in [0.25, 0.3) is 11.1 Å². The van der Waals surface area contributed by atoms with Crippen LogP contribution < -0.4 is 0 Å². The molecule has 0 amide bonds. The van der Waals surface area contributed by atoms with Crippen LogP contribution in [0.4, 0.5) is 0 Å². The molecule has 2 rings (SSSR count). The number of rotatable bonds is 1. The summed E-state index contributed by atoms with van der Waals surface area (Å²) >= 11 is 9.54. The highest BCUT2D eigenvalue weighted by molar-refractivity contribution is 9.10. The van der Waals surface area contributed by atoms with Gasteiger partial charge in [0, 0.05) is 15.1 Å². The SMILES string of the molecule is Clc1ccccc1-c1cccc(Br)c1. The van der Waals surface area contributed by atoms with Crippen molar-refractivity contribution in [1.29, 1.82) is 0 Å². The Labute approximate surface area is 96.7 Å². The zero-order valence-corrected chi connectivity index (χ0v) is 9.72. The van der Waals surface area contributed by atoms with Crippen LogP contribution >= 0.6 is 27.5 Å². The highest BCUT2D eigenvalue weighted by Crippen LogP contribution is 2.28. The summed E-state index contributed by atoms with van der Waals surface area (Å²) in [7, 11) is 0. The monoisotopic (exact) mass is 266 g/mol. The van der Waals surface area contributed by atoms with E-state index in [1.165, 1.54) is 0 Å². The zero-order chi connectivity index (χ0) is 9.97. The molecule has 2 aromatic rings. The van der Waals surface area contributed by atoms with Crippen LogP contribution in [0.2, 0.25) is 5.02 Å². The minimum absolute atomic E-state index is 0.783. The van der Waals surface area contributed by atoms with Crippen molar-refractivity contribution in [3.05, 3.63) is 58.0 Å². The van der Waals surface area contributed by atoms with Gasteiger partial charge in [0.2, 0.25) is 0 Å². The summed E-state index contributed by atoms with van der Waals surface area (Å²) in [4.78, 5) is 0. The summed E-state index contributed by atoms with van der Waals surface area (Å²) in [6, 6.07) is 15.9. The molecule has 2 aromatic carbocycles. The van der Waals surface area contributed by atoms with Crippen molar-refractivity contribution in [2.24, 2.45) is 0 Å². The lowest BCUT2D eigenvalue weighted by Gasteiger charge is -2.03. The van der Waals surface area contributed by atoms with E-state index in [9.17, 15) is 0 Å². The van der Waals surface area contributed by atoms with Gasteiger partial charge in [-0.3, -0.25) is 0 Å². The van der Waals surface area contributed by atoms with E-state index in [0.29, 0.717) is 0 Å². The first-order chi connectivity index (χ1) is 6.77. The second kappa shape index (κ2) is 4.16.